The number of phosphoric acid groups is 1. The maximum absolute atomic E-state index is 14.3. The highest BCUT2D eigenvalue weighted by Gasteiger charge is 2.34. The summed E-state index contributed by atoms with van der Waals surface area (Å²) in [5, 5.41) is 0. The quantitative estimate of drug-likeness (QED) is 0.0878. The molecular formula is C36H51O4P. The van der Waals surface area contributed by atoms with Crippen LogP contribution in [0.5, 0.6) is 17.2 Å². The molecule has 5 heteroatoms. The van der Waals surface area contributed by atoms with Gasteiger partial charge in [-0.2, -0.15) is 4.57 Å². The lowest BCUT2D eigenvalue weighted by Crippen LogP contribution is -2.09. The molecule has 0 saturated carbocycles. The van der Waals surface area contributed by atoms with Crippen LogP contribution in [-0.2, 0) is 17.4 Å². The Labute approximate surface area is 249 Å². The summed E-state index contributed by atoms with van der Waals surface area (Å²) in [5.74, 6) is 1.56. The first-order valence-corrected chi connectivity index (χ1v) is 17.5. The summed E-state index contributed by atoms with van der Waals surface area (Å²) in [7, 11) is -4.05. The van der Waals surface area contributed by atoms with Gasteiger partial charge in [-0.1, -0.05) is 145 Å². The van der Waals surface area contributed by atoms with Gasteiger partial charge in [-0.3, -0.25) is 0 Å². The first-order valence-electron chi connectivity index (χ1n) is 16.0. The molecule has 0 atom stereocenters. The summed E-state index contributed by atoms with van der Waals surface area (Å²) < 4.78 is 32.7. The van der Waals surface area contributed by atoms with Gasteiger partial charge in [0.25, 0.3) is 0 Å². The van der Waals surface area contributed by atoms with Gasteiger partial charge >= 0.3 is 7.82 Å². The van der Waals surface area contributed by atoms with Crippen molar-refractivity contribution in [3.8, 4) is 17.2 Å². The topological polar surface area (TPSA) is 44.8 Å². The molecule has 0 bridgehead atoms. The Kier molecular flexibility index (Phi) is 15.5. The summed E-state index contributed by atoms with van der Waals surface area (Å²) in [6.45, 7) is 4.49. The zero-order valence-electron chi connectivity index (χ0n) is 25.4. The second-order valence-electron chi connectivity index (χ2n) is 11.0. The van der Waals surface area contributed by atoms with E-state index >= 15 is 0 Å². The molecule has 0 aliphatic carbocycles. The van der Waals surface area contributed by atoms with Crippen molar-refractivity contribution in [1.82, 2.24) is 0 Å². The summed E-state index contributed by atoms with van der Waals surface area (Å²) in [5.41, 5.74) is 2.05. The number of hydrogen-bond acceptors (Lipinski definition) is 4. The second-order valence-corrected chi connectivity index (χ2v) is 12.4. The molecule has 0 aliphatic rings. The second kappa shape index (κ2) is 19.4. The Bertz CT molecular complexity index is 1080. The van der Waals surface area contributed by atoms with Crippen LogP contribution in [0.3, 0.4) is 0 Å². The molecule has 3 aromatic rings. The molecule has 0 heterocycles. The molecule has 41 heavy (non-hydrogen) atoms. The van der Waals surface area contributed by atoms with E-state index in [9.17, 15) is 4.57 Å². The molecule has 0 unspecified atom stereocenters. The molecule has 0 aliphatic heterocycles. The molecule has 0 fully saturated rings. The monoisotopic (exact) mass is 578 g/mol. The molecule has 0 aromatic heterocycles. The van der Waals surface area contributed by atoms with Gasteiger partial charge in [0.1, 0.15) is 17.2 Å². The largest absolute Gasteiger partial charge is 0.647 e. The molecular weight excluding hydrogens is 527 g/mol. The van der Waals surface area contributed by atoms with Gasteiger partial charge in [-0.25, -0.2) is 0 Å². The lowest BCUT2D eigenvalue weighted by Gasteiger charge is -2.22. The molecule has 3 aromatic carbocycles. The average Bonchev–Trinajstić information content (AvgIpc) is 2.98. The van der Waals surface area contributed by atoms with Crippen LogP contribution in [0, 0.1) is 0 Å². The Hall–Kier alpha value is -2.71. The summed E-state index contributed by atoms with van der Waals surface area (Å²) in [4.78, 5) is 0. The minimum Gasteiger partial charge on any atom is -0.386 e. The molecule has 0 saturated heterocycles. The standard InChI is InChI=1S/C36H51O4P/c1-3-5-7-9-11-13-16-24-32-26-20-22-30-35(32)39-41(37,38-34-28-18-15-19-29-34)40-36-31-23-21-27-33(36)25-17-14-12-10-8-6-4-2/h15,18-23,26-31H,3-14,16-17,24-25H2,1-2H3. The maximum Gasteiger partial charge on any atom is 0.647 e. The van der Waals surface area contributed by atoms with Crippen LogP contribution in [0.2, 0.25) is 0 Å². The Morgan fingerprint density at radius 1 is 0.463 bits per heavy atom. The number of benzene rings is 3. The van der Waals surface area contributed by atoms with Gasteiger partial charge in [0, 0.05) is 0 Å². The van der Waals surface area contributed by atoms with Crippen LogP contribution >= 0.6 is 7.82 Å². The van der Waals surface area contributed by atoms with Crippen molar-refractivity contribution in [2.24, 2.45) is 0 Å². The third kappa shape index (κ3) is 12.8. The zero-order valence-corrected chi connectivity index (χ0v) is 26.3. The van der Waals surface area contributed by atoms with E-state index in [1.54, 1.807) is 12.1 Å². The number of aryl methyl sites for hydroxylation is 2. The Morgan fingerprint density at radius 2 is 0.854 bits per heavy atom. The van der Waals surface area contributed by atoms with Gasteiger partial charge in [-0.05, 0) is 61.1 Å². The van der Waals surface area contributed by atoms with Crippen molar-refractivity contribution in [1.29, 1.82) is 0 Å². The van der Waals surface area contributed by atoms with Crippen LogP contribution < -0.4 is 13.6 Å². The van der Waals surface area contributed by atoms with E-state index in [4.69, 9.17) is 13.6 Å². The van der Waals surface area contributed by atoms with Gasteiger partial charge in [0.2, 0.25) is 0 Å². The highest BCUT2D eigenvalue weighted by atomic mass is 31.2. The van der Waals surface area contributed by atoms with Crippen LogP contribution in [0.25, 0.3) is 0 Å². The fourth-order valence-corrected chi connectivity index (χ4v) is 6.38. The third-order valence-corrected chi connectivity index (χ3v) is 8.70. The van der Waals surface area contributed by atoms with Crippen molar-refractivity contribution < 1.29 is 18.1 Å². The van der Waals surface area contributed by atoms with Crippen molar-refractivity contribution >= 4 is 7.82 Å². The van der Waals surface area contributed by atoms with Gasteiger partial charge in [-0.15, -0.1) is 0 Å². The normalized spacial score (nSPS) is 11.4. The molecule has 3 rings (SSSR count). The highest BCUT2D eigenvalue weighted by molar-refractivity contribution is 7.49. The fraction of sp³-hybridized carbons (Fsp3) is 0.500. The number of phosphoric ester groups is 1. The van der Waals surface area contributed by atoms with E-state index in [0.717, 1.165) is 36.8 Å². The lowest BCUT2D eigenvalue weighted by atomic mass is 10.0. The van der Waals surface area contributed by atoms with Crippen molar-refractivity contribution in [3.63, 3.8) is 0 Å². The number of unbranched alkanes of at least 4 members (excludes halogenated alkanes) is 12. The first-order chi connectivity index (χ1) is 20.1. The summed E-state index contributed by atoms with van der Waals surface area (Å²) in [6, 6.07) is 24.8. The van der Waals surface area contributed by atoms with Crippen LogP contribution in [0.4, 0.5) is 0 Å². The first kappa shape index (κ1) is 32.8. The SMILES string of the molecule is CCCCCCCCCc1ccccc1OP(=O)(Oc1ccccc1)Oc1ccccc1CCCCCCCCC. The number of para-hydroxylation sites is 3. The highest BCUT2D eigenvalue weighted by Crippen LogP contribution is 2.51. The molecule has 224 valence electrons. The molecule has 4 nitrogen and oxygen atoms in total. The minimum absolute atomic E-state index is 0.449. The van der Waals surface area contributed by atoms with E-state index in [1.165, 1.54) is 77.0 Å². The van der Waals surface area contributed by atoms with E-state index in [1.807, 2.05) is 66.7 Å². The average molecular weight is 579 g/mol. The van der Waals surface area contributed by atoms with Crippen LogP contribution in [0.1, 0.15) is 115 Å². The smallest absolute Gasteiger partial charge is 0.386 e. The van der Waals surface area contributed by atoms with Crippen molar-refractivity contribution in [2.45, 2.75) is 117 Å². The van der Waals surface area contributed by atoms with Crippen molar-refractivity contribution in [2.75, 3.05) is 0 Å². The predicted molar refractivity (Wildman–Crippen MR) is 172 cm³/mol. The minimum atomic E-state index is -4.05. The van der Waals surface area contributed by atoms with E-state index in [-0.39, 0.29) is 0 Å². The van der Waals surface area contributed by atoms with Crippen LogP contribution in [0.15, 0.2) is 78.9 Å². The molecule has 0 N–H and O–H groups in total. The lowest BCUT2D eigenvalue weighted by molar-refractivity contribution is 0.296. The number of rotatable bonds is 22. The van der Waals surface area contributed by atoms with Crippen molar-refractivity contribution in [3.05, 3.63) is 90.0 Å². The molecule has 0 amide bonds. The molecule has 0 radical (unpaired) electrons. The molecule has 0 spiro atoms. The van der Waals surface area contributed by atoms with E-state index < -0.39 is 7.82 Å². The fourth-order valence-electron chi connectivity index (χ4n) is 5.05. The number of hydrogen-bond donors (Lipinski definition) is 0. The van der Waals surface area contributed by atoms with E-state index in [0.29, 0.717) is 17.2 Å². The van der Waals surface area contributed by atoms with Gasteiger partial charge < -0.3 is 13.6 Å². The summed E-state index contributed by atoms with van der Waals surface area (Å²) in [6.07, 6.45) is 19.1. The maximum atomic E-state index is 14.3. The summed E-state index contributed by atoms with van der Waals surface area (Å²) >= 11 is 0. The Morgan fingerprint density at radius 3 is 1.32 bits per heavy atom. The third-order valence-electron chi connectivity index (χ3n) is 7.43. The van der Waals surface area contributed by atoms with E-state index in [2.05, 4.69) is 13.8 Å². The van der Waals surface area contributed by atoms with Gasteiger partial charge in [0.15, 0.2) is 0 Å². The van der Waals surface area contributed by atoms with Crippen LogP contribution in [-0.4, -0.2) is 0 Å². The van der Waals surface area contributed by atoms with Gasteiger partial charge in [0.05, 0.1) is 0 Å². The Balaban J connectivity index is 1.69. The predicted octanol–water partition coefficient (Wildman–Crippen LogP) is 11.9. The zero-order chi connectivity index (χ0) is 29.0.